The fourth-order valence-corrected chi connectivity index (χ4v) is 5.79. The minimum atomic E-state index is -1.29. The highest BCUT2D eigenvalue weighted by Gasteiger charge is 2.70. The summed E-state index contributed by atoms with van der Waals surface area (Å²) in [5, 5.41) is 14.9. The molecule has 234 valence electrons. The lowest BCUT2D eigenvalue weighted by Gasteiger charge is -2.23. The Morgan fingerprint density at radius 1 is 0.674 bits per heavy atom. The molecule has 10 nitrogen and oxygen atoms in total. The lowest BCUT2D eigenvalue weighted by Crippen LogP contribution is -2.48. The highest BCUT2D eigenvalue weighted by molar-refractivity contribution is 5.92. The molecule has 0 radical (unpaired) electrons. The van der Waals surface area contributed by atoms with E-state index in [1.807, 2.05) is 74.5 Å². The normalized spacial score (nSPS) is 27.4. The number of ether oxygens (including phenoxy) is 3. The molecule has 2 aliphatic rings. The summed E-state index contributed by atoms with van der Waals surface area (Å²) in [5.74, 6) is -2.09. The number of hydrogen-bond acceptors (Lipinski definition) is 7. The van der Waals surface area contributed by atoms with Crippen LogP contribution in [0.1, 0.15) is 78.4 Å². The summed E-state index contributed by atoms with van der Waals surface area (Å²) in [6.07, 6.45) is -1.31. The van der Waals surface area contributed by atoms with Crippen LogP contribution in [0.5, 0.6) is 0 Å². The predicted molar refractivity (Wildman–Crippen MR) is 161 cm³/mol. The fourth-order valence-electron chi connectivity index (χ4n) is 5.79. The van der Waals surface area contributed by atoms with Crippen LogP contribution in [0.2, 0.25) is 0 Å². The second-order valence-corrected chi connectivity index (χ2v) is 13.1. The maximum absolute atomic E-state index is 12.3. The largest absolute Gasteiger partial charge is 0.479 e. The number of aliphatic carboxylic acids is 1. The van der Waals surface area contributed by atoms with Crippen LogP contribution < -0.4 is 10.6 Å². The number of amides is 2. The number of esters is 1. The minimum absolute atomic E-state index is 0.0603. The van der Waals surface area contributed by atoms with Crippen molar-refractivity contribution in [2.45, 2.75) is 89.5 Å². The van der Waals surface area contributed by atoms with E-state index in [1.165, 1.54) is 7.11 Å². The first-order valence-electron chi connectivity index (χ1n) is 14.3. The molecule has 2 aromatic carbocycles. The Hall–Kier alpha value is -4.08. The van der Waals surface area contributed by atoms with E-state index in [-0.39, 0.29) is 23.7 Å². The molecular formula is C33H44N2O8. The van der Waals surface area contributed by atoms with Crippen LogP contribution in [0.3, 0.4) is 0 Å². The molecule has 0 heterocycles. The Morgan fingerprint density at radius 3 is 1.37 bits per heavy atom. The highest BCUT2D eigenvalue weighted by Crippen LogP contribution is 2.58. The van der Waals surface area contributed by atoms with Crippen molar-refractivity contribution in [1.29, 1.82) is 0 Å². The molecule has 2 aliphatic carbocycles. The number of nitrogens with one attached hydrogen (secondary N) is 2. The van der Waals surface area contributed by atoms with Gasteiger partial charge in [-0.05, 0) is 52.7 Å². The number of carbonyl (C=O) groups excluding carboxylic acids is 3. The van der Waals surface area contributed by atoms with Gasteiger partial charge in [-0.25, -0.2) is 19.2 Å². The topological polar surface area (TPSA) is 140 Å². The van der Waals surface area contributed by atoms with Crippen LogP contribution in [0.15, 0.2) is 60.7 Å². The first kappa shape index (κ1) is 33.4. The van der Waals surface area contributed by atoms with Crippen LogP contribution >= 0.6 is 0 Å². The van der Waals surface area contributed by atoms with Crippen LogP contribution in [-0.4, -0.2) is 58.6 Å². The van der Waals surface area contributed by atoms with Gasteiger partial charge in [0.15, 0.2) is 11.1 Å². The van der Waals surface area contributed by atoms with E-state index in [2.05, 4.69) is 10.6 Å². The highest BCUT2D eigenvalue weighted by atomic mass is 16.6. The average Bonchev–Trinajstić information content (AvgIpc) is 3.71. The number of alkyl carbamates (subject to hydrolysis) is 2. The molecule has 2 amide bonds. The van der Waals surface area contributed by atoms with Gasteiger partial charge in [0.1, 0.15) is 11.2 Å². The third-order valence-corrected chi connectivity index (χ3v) is 7.81. The summed E-state index contributed by atoms with van der Waals surface area (Å²) in [6, 6.07) is 19.0. The van der Waals surface area contributed by atoms with Gasteiger partial charge in [0.2, 0.25) is 0 Å². The van der Waals surface area contributed by atoms with Gasteiger partial charge in [0.25, 0.3) is 0 Å². The van der Waals surface area contributed by atoms with E-state index >= 15 is 0 Å². The van der Waals surface area contributed by atoms with Gasteiger partial charge in [0.05, 0.1) is 7.11 Å². The Labute approximate surface area is 253 Å². The maximum Gasteiger partial charge on any atom is 0.408 e. The standard InChI is InChI=1S/C17H23NO4.C16H21NO4/c1-11-13(12-9-7-6-8-10-12)17(11,14(19)21-5)18-15(20)22-16(2,3)4;1-10-12(11-8-6-5-7-9-11)16(10,13(18)19)17-14(20)21-15(2,3)4/h6-11,13H,1-5H3,(H,18,20);5-10,12H,1-4H3,(H,17,20)(H,18,19). The summed E-state index contributed by atoms with van der Waals surface area (Å²) < 4.78 is 15.4. The maximum atomic E-state index is 12.3. The van der Waals surface area contributed by atoms with Crippen molar-refractivity contribution < 1.29 is 38.5 Å². The number of carboxylic acids is 1. The third kappa shape index (κ3) is 7.29. The number of carboxylic acid groups (broad SMARTS) is 1. The van der Waals surface area contributed by atoms with Gasteiger partial charge in [-0.2, -0.15) is 0 Å². The minimum Gasteiger partial charge on any atom is -0.479 e. The second kappa shape index (κ2) is 12.3. The smallest absolute Gasteiger partial charge is 0.408 e. The zero-order valence-corrected chi connectivity index (χ0v) is 26.4. The van der Waals surface area contributed by atoms with Crippen LogP contribution in [0, 0.1) is 11.8 Å². The quantitative estimate of drug-likeness (QED) is 0.288. The summed E-state index contributed by atoms with van der Waals surface area (Å²) in [7, 11) is 1.33. The molecule has 2 aromatic rings. The Balaban J connectivity index is 0.000000236. The van der Waals surface area contributed by atoms with E-state index < -0.39 is 46.4 Å². The van der Waals surface area contributed by atoms with Gasteiger partial charge in [-0.15, -0.1) is 0 Å². The van der Waals surface area contributed by atoms with Gasteiger partial charge in [-0.3, -0.25) is 0 Å². The summed E-state index contributed by atoms with van der Waals surface area (Å²) in [4.78, 5) is 48.1. The molecule has 3 N–H and O–H groups in total. The fraction of sp³-hybridized carbons (Fsp3) is 0.515. The van der Waals surface area contributed by atoms with E-state index in [9.17, 15) is 24.3 Å². The Morgan fingerprint density at radius 2 is 1.02 bits per heavy atom. The molecule has 6 unspecified atom stereocenters. The first-order valence-corrected chi connectivity index (χ1v) is 14.3. The SMILES string of the molecule is CC1C(c2ccccc2)C1(NC(=O)OC(C)(C)C)C(=O)O.COC(=O)C1(NC(=O)OC(C)(C)C)C(C)C1c1ccccc1. The molecule has 0 saturated heterocycles. The monoisotopic (exact) mass is 596 g/mol. The van der Waals surface area contributed by atoms with Gasteiger partial charge < -0.3 is 30.0 Å². The number of rotatable bonds is 6. The summed E-state index contributed by atoms with van der Waals surface area (Å²) >= 11 is 0. The van der Waals surface area contributed by atoms with Crippen LogP contribution in [0.25, 0.3) is 0 Å². The molecule has 2 saturated carbocycles. The molecule has 0 aromatic heterocycles. The molecule has 4 rings (SSSR count). The first-order chi connectivity index (χ1) is 19.9. The second-order valence-electron chi connectivity index (χ2n) is 13.1. The molecule has 0 aliphatic heterocycles. The van der Waals surface area contributed by atoms with Crippen molar-refractivity contribution in [3.63, 3.8) is 0 Å². The Bertz CT molecular complexity index is 1320. The lowest BCUT2D eigenvalue weighted by atomic mass is 10.1. The third-order valence-electron chi connectivity index (χ3n) is 7.81. The van der Waals surface area contributed by atoms with Crippen molar-refractivity contribution in [2.24, 2.45) is 11.8 Å². The zero-order valence-electron chi connectivity index (χ0n) is 26.4. The number of benzene rings is 2. The zero-order chi connectivity index (χ0) is 32.4. The van der Waals surface area contributed by atoms with Crippen molar-refractivity contribution in [3.05, 3.63) is 71.8 Å². The van der Waals surface area contributed by atoms with Crippen molar-refractivity contribution in [2.75, 3.05) is 7.11 Å². The van der Waals surface area contributed by atoms with E-state index in [0.717, 1.165) is 11.1 Å². The van der Waals surface area contributed by atoms with Crippen LogP contribution in [0.4, 0.5) is 9.59 Å². The molecule has 10 heteroatoms. The predicted octanol–water partition coefficient (Wildman–Crippen LogP) is 5.62. The number of carbonyl (C=O) groups is 4. The van der Waals surface area contributed by atoms with Crippen molar-refractivity contribution in [3.8, 4) is 0 Å². The molecule has 6 atom stereocenters. The summed E-state index contributed by atoms with van der Waals surface area (Å²) in [5.41, 5.74) is -1.73. The Kier molecular flexibility index (Phi) is 9.53. The van der Waals surface area contributed by atoms with Crippen LogP contribution in [-0.2, 0) is 23.8 Å². The lowest BCUT2D eigenvalue weighted by molar-refractivity contribution is -0.145. The van der Waals surface area contributed by atoms with E-state index in [4.69, 9.17) is 14.2 Å². The molecule has 0 bridgehead atoms. The molecule has 43 heavy (non-hydrogen) atoms. The number of methoxy groups -OCH3 is 1. The van der Waals surface area contributed by atoms with Gasteiger partial charge in [0, 0.05) is 23.7 Å². The van der Waals surface area contributed by atoms with Crippen molar-refractivity contribution >= 4 is 24.1 Å². The van der Waals surface area contributed by atoms with Crippen molar-refractivity contribution in [1.82, 2.24) is 10.6 Å². The average molecular weight is 597 g/mol. The molecule has 0 spiro atoms. The van der Waals surface area contributed by atoms with E-state index in [1.54, 1.807) is 41.5 Å². The van der Waals surface area contributed by atoms with E-state index in [0.29, 0.717) is 0 Å². The number of hydrogen-bond donors (Lipinski definition) is 3. The summed E-state index contributed by atoms with van der Waals surface area (Å²) in [6.45, 7) is 14.3. The molecular weight excluding hydrogens is 552 g/mol. The van der Waals surface area contributed by atoms with Gasteiger partial charge >= 0.3 is 24.1 Å². The van der Waals surface area contributed by atoms with Gasteiger partial charge in [-0.1, -0.05) is 74.5 Å². The molecule has 2 fully saturated rings.